The third-order valence-corrected chi connectivity index (χ3v) is 6.04. The van der Waals surface area contributed by atoms with Gasteiger partial charge in [-0.3, -0.25) is 9.59 Å². The lowest BCUT2D eigenvalue weighted by Gasteiger charge is -2.24. The molecule has 0 aliphatic carbocycles. The van der Waals surface area contributed by atoms with Crippen molar-refractivity contribution in [3.63, 3.8) is 0 Å². The third kappa shape index (κ3) is 2.89. The summed E-state index contributed by atoms with van der Waals surface area (Å²) >= 11 is 0. The largest absolute Gasteiger partial charge is 0.304 e. The molecule has 0 unspecified atom stereocenters. The maximum Gasteiger partial charge on any atom is 0.277 e. The summed E-state index contributed by atoms with van der Waals surface area (Å²) in [7, 11) is 0. The lowest BCUT2D eigenvalue weighted by Crippen LogP contribution is -2.38. The number of pyridine rings is 1. The molecule has 0 radical (unpaired) electrons. The van der Waals surface area contributed by atoms with Gasteiger partial charge in [0.05, 0.1) is 0 Å². The number of carbonyl (C=O) groups excluding carboxylic acids is 2. The number of hydrogen-bond acceptors (Lipinski definition) is 3. The van der Waals surface area contributed by atoms with E-state index in [9.17, 15) is 9.59 Å². The summed E-state index contributed by atoms with van der Waals surface area (Å²) in [6.07, 6.45) is 1.64. The van der Waals surface area contributed by atoms with Gasteiger partial charge in [0.2, 0.25) is 0 Å². The van der Waals surface area contributed by atoms with Crippen molar-refractivity contribution in [1.82, 2.24) is 4.98 Å². The van der Waals surface area contributed by atoms with Gasteiger partial charge in [0.25, 0.3) is 11.8 Å². The normalized spacial score (nSPS) is 19.5. The number of rotatable bonds is 2. The molecule has 2 aliphatic heterocycles. The Morgan fingerprint density at radius 3 is 1.60 bits per heavy atom. The van der Waals surface area contributed by atoms with Crippen molar-refractivity contribution in [1.29, 1.82) is 0 Å². The van der Waals surface area contributed by atoms with Gasteiger partial charge >= 0.3 is 0 Å². The molecule has 0 bridgehead atoms. The molecular weight excluding hydrogens is 374 g/mol. The molecule has 2 aliphatic rings. The summed E-state index contributed by atoms with van der Waals surface area (Å²) in [5.41, 5.74) is 4.77. The minimum Gasteiger partial charge on any atom is -0.304 e. The van der Waals surface area contributed by atoms with Crippen LogP contribution in [0.2, 0.25) is 0 Å². The molecule has 0 saturated heterocycles. The first-order chi connectivity index (χ1) is 14.5. The van der Waals surface area contributed by atoms with Gasteiger partial charge in [-0.25, -0.2) is 4.98 Å². The highest BCUT2D eigenvalue weighted by molar-refractivity contribution is 6.09. The van der Waals surface area contributed by atoms with Gasteiger partial charge in [-0.15, -0.1) is 0 Å². The monoisotopic (exact) mass is 397 g/mol. The fraction of sp³-hybridized carbons (Fsp3) is 0.240. The molecule has 1 aromatic heterocycles. The zero-order valence-electron chi connectivity index (χ0n) is 17.1. The standard InChI is InChI=1S/C25H23N3O2/c1-16-14-18-8-3-5-12-22(18)27(16)24(29)20-10-7-11-21(26-20)25(30)28-17(2)15-19-9-4-6-13-23(19)28/h3-13,16-17H,14-15H2,1-2H3/t16-,17-/m0/s1. The number of aromatic nitrogens is 1. The van der Waals surface area contributed by atoms with E-state index in [0.717, 1.165) is 35.3 Å². The summed E-state index contributed by atoms with van der Waals surface area (Å²) < 4.78 is 0. The minimum absolute atomic E-state index is 0.0570. The molecule has 0 spiro atoms. The Morgan fingerprint density at radius 2 is 1.13 bits per heavy atom. The highest BCUT2D eigenvalue weighted by Crippen LogP contribution is 2.34. The van der Waals surface area contributed by atoms with Gasteiger partial charge in [0.15, 0.2) is 0 Å². The third-order valence-electron chi connectivity index (χ3n) is 6.04. The van der Waals surface area contributed by atoms with E-state index in [1.54, 1.807) is 28.0 Å². The predicted octanol–water partition coefficient (Wildman–Crippen LogP) is 4.26. The zero-order chi connectivity index (χ0) is 20.8. The molecule has 3 aromatic rings. The van der Waals surface area contributed by atoms with Crippen LogP contribution in [0.5, 0.6) is 0 Å². The van der Waals surface area contributed by atoms with Crippen LogP contribution in [0, 0.1) is 0 Å². The van der Waals surface area contributed by atoms with Crippen LogP contribution < -0.4 is 9.80 Å². The van der Waals surface area contributed by atoms with Crippen LogP contribution in [-0.4, -0.2) is 28.9 Å². The van der Waals surface area contributed by atoms with Crippen molar-refractivity contribution in [2.45, 2.75) is 38.8 Å². The van der Waals surface area contributed by atoms with E-state index in [-0.39, 0.29) is 23.9 Å². The molecule has 5 nitrogen and oxygen atoms in total. The Morgan fingerprint density at radius 1 is 0.700 bits per heavy atom. The van der Waals surface area contributed by atoms with Crippen LogP contribution in [-0.2, 0) is 12.8 Å². The average Bonchev–Trinajstić information content (AvgIpc) is 3.28. The average molecular weight is 397 g/mol. The molecule has 5 heteroatoms. The SMILES string of the molecule is C[C@H]1Cc2ccccc2N1C(=O)c1cccc(C(=O)N2c3ccccc3C[C@@H]2C)n1. The fourth-order valence-electron chi connectivity index (χ4n) is 4.67. The van der Waals surface area contributed by atoms with E-state index in [4.69, 9.17) is 0 Å². The van der Waals surface area contributed by atoms with Crippen molar-refractivity contribution in [3.8, 4) is 0 Å². The van der Waals surface area contributed by atoms with Crippen LogP contribution in [0.15, 0.2) is 66.7 Å². The van der Waals surface area contributed by atoms with Crippen LogP contribution in [0.1, 0.15) is 46.0 Å². The van der Waals surface area contributed by atoms with Crippen LogP contribution in [0.4, 0.5) is 11.4 Å². The van der Waals surface area contributed by atoms with Gasteiger partial charge < -0.3 is 9.80 Å². The number of fused-ring (bicyclic) bond motifs is 2. The molecule has 0 N–H and O–H groups in total. The summed E-state index contributed by atoms with van der Waals surface area (Å²) in [4.78, 5) is 34.7. The fourth-order valence-corrected chi connectivity index (χ4v) is 4.67. The topological polar surface area (TPSA) is 53.5 Å². The molecule has 3 heterocycles. The van der Waals surface area contributed by atoms with Crippen molar-refractivity contribution in [2.24, 2.45) is 0 Å². The summed E-state index contributed by atoms with van der Waals surface area (Å²) in [6.45, 7) is 4.07. The second kappa shape index (κ2) is 7.10. The number of hydrogen-bond donors (Lipinski definition) is 0. The Bertz CT molecular complexity index is 1070. The zero-order valence-corrected chi connectivity index (χ0v) is 17.1. The molecule has 0 saturated carbocycles. The first kappa shape index (κ1) is 18.6. The van der Waals surface area contributed by atoms with Crippen molar-refractivity contribution >= 4 is 23.2 Å². The molecule has 30 heavy (non-hydrogen) atoms. The molecule has 2 aromatic carbocycles. The van der Waals surface area contributed by atoms with Crippen LogP contribution in [0.3, 0.4) is 0 Å². The number of nitrogens with zero attached hydrogens (tertiary/aromatic N) is 3. The molecule has 2 atom stereocenters. The second-order valence-corrected chi connectivity index (χ2v) is 8.12. The molecule has 150 valence electrons. The van der Waals surface area contributed by atoms with Crippen LogP contribution >= 0.6 is 0 Å². The maximum absolute atomic E-state index is 13.3. The maximum atomic E-state index is 13.3. The van der Waals surface area contributed by atoms with E-state index in [1.807, 2.05) is 50.2 Å². The van der Waals surface area contributed by atoms with E-state index >= 15 is 0 Å². The van der Waals surface area contributed by atoms with Crippen molar-refractivity contribution in [3.05, 3.63) is 89.2 Å². The smallest absolute Gasteiger partial charge is 0.277 e. The molecule has 2 amide bonds. The molecular formula is C25H23N3O2. The van der Waals surface area contributed by atoms with Gasteiger partial charge in [0.1, 0.15) is 11.4 Å². The molecule has 5 rings (SSSR count). The number of benzene rings is 2. The lowest BCUT2D eigenvalue weighted by atomic mass is 10.1. The van der Waals surface area contributed by atoms with E-state index in [1.165, 1.54) is 0 Å². The van der Waals surface area contributed by atoms with Crippen molar-refractivity contribution in [2.75, 3.05) is 9.80 Å². The number of para-hydroxylation sites is 2. The summed E-state index contributed by atoms with van der Waals surface area (Å²) in [6, 6.07) is 21.1. The first-order valence-electron chi connectivity index (χ1n) is 10.3. The highest BCUT2D eigenvalue weighted by atomic mass is 16.2. The number of amides is 2. The first-order valence-corrected chi connectivity index (χ1v) is 10.3. The Labute approximate surface area is 176 Å². The summed E-state index contributed by atoms with van der Waals surface area (Å²) in [5, 5.41) is 0. The van der Waals surface area contributed by atoms with Gasteiger partial charge in [-0.05, 0) is 62.1 Å². The van der Waals surface area contributed by atoms with Gasteiger partial charge in [0, 0.05) is 23.5 Å². The highest BCUT2D eigenvalue weighted by Gasteiger charge is 2.34. The lowest BCUT2D eigenvalue weighted by molar-refractivity contribution is 0.0972. The van der Waals surface area contributed by atoms with Crippen molar-refractivity contribution < 1.29 is 9.59 Å². The predicted molar refractivity (Wildman–Crippen MR) is 117 cm³/mol. The number of carbonyl (C=O) groups is 2. The summed E-state index contributed by atoms with van der Waals surface area (Å²) in [5.74, 6) is -0.339. The minimum atomic E-state index is -0.169. The van der Waals surface area contributed by atoms with E-state index < -0.39 is 0 Å². The Kier molecular flexibility index (Phi) is 4.39. The second-order valence-electron chi connectivity index (χ2n) is 8.12. The van der Waals surface area contributed by atoms with Gasteiger partial charge in [-0.2, -0.15) is 0 Å². The van der Waals surface area contributed by atoms with Crippen LogP contribution in [0.25, 0.3) is 0 Å². The Hall–Kier alpha value is -3.47. The van der Waals surface area contributed by atoms with E-state index in [0.29, 0.717) is 11.4 Å². The molecule has 0 fully saturated rings. The number of anilines is 2. The Balaban J connectivity index is 1.47. The quantitative estimate of drug-likeness (QED) is 0.649. The van der Waals surface area contributed by atoms with E-state index in [2.05, 4.69) is 17.1 Å². The van der Waals surface area contributed by atoms with Gasteiger partial charge in [-0.1, -0.05) is 42.5 Å².